The van der Waals surface area contributed by atoms with Crippen molar-refractivity contribution in [2.45, 2.75) is 71.4 Å². The summed E-state index contributed by atoms with van der Waals surface area (Å²) in [5.41, 5.74) is 1.91. The van der Waals surface area contributed by atoms with Gasteiger partial charge in [0.1, 0.15) is 6.17 Å². The Labute approximate surface area is 219 Å². The smallest absolute Gasteiger partial charge is 0.324 e. The second-order valence-electron chi connectivity index (χ2n) is 10.7. The lowest BCUT2D eigenvalue weighted by Gasteiger charge is -2.30. The minimum atomic E-state index is -0.877. The van der Waals surface area contributed by atoms with E-state index in [0.717, 1.165) is 61.6 Å². The van der Waals surface area contributed by atoms with Crippen LogP contribution in [0.2, 0.25) is 0 Å². The van der Waals surface area contributed by atoms with E-state index < -0.39 is 6.17 Å². The summed E-state index contributed by atoms with van der Waals surface area (Å²) in [5, 5.41) is 4.06. The number of carbonyl (C=O) groups excluding carboxylic acids is 1. The predicted molar refractivity (Wildman–Crippen MR) is 142 cm³/mol. The summed E-state index contributed by atoms with van der Waals surface area (Å²) in [6.45, 7) is 13.0. The number of aromatic nitrogens is 2. The van der Waals surface area contributed by atoms with Crippen LogP contribution in [0.15, 0.2) is 44.8 Å². The topological polar surface area (TPSA) is 84.1 Å². The number of anilines is 1. The molecule has 2 aliphatic heterocycles. The molecule has 1 unspecified atom stereocenters. The zero-order valence-corrected chi connectivity index (χ0v) is 22.4. The van der Waals surface area contributed by atoms with Crippen molar-refractivity contribution in [1.82, 2.24) is 15.0 Å². The molecule has 2 saturated heterocycles. The molecule has 4 rings (SSSR count). The Kier molecular flexibility index (Phi) is 9.16. The molecule has 2 atom stereocenters. The van der Waals surface area contributed by atoms with Gasteiger partial charge < -0.3 is 19.1 Å². The van der Waals surface area contributed by atoms with Crippen molar-refractivity contribution in [1.29, 1.82) is 0 Å². The van der Waals surface area contributed by atoms with Crippen molar-refractivity contribution in [3.05, 3.63) is 41.1 Å². The standard InChI is InChI=1S/C28H40FN5O3/c1-19(2)26-31-28(37-32-26)33-14-11-21(12-15-33)18-36-20(3)5-10-25(30-4)22-6-8-23(9-7-22)27(35)34-16-13-24(29)17-34/h5-6,10,19,21,23-24H,4,7-9,11-18H2,1-3H3/b20-5+,25-10-/t23?,24-/m0/s1. The van der Waals surface area contributed by atoms with Crippen LogP contribution in [-0.2, 0) is 9.53 Å². The van der Waals surface area contributed by atoms with Gasteiger partial charge in [0.15, 0.2) is 5.82 Å². The van der Waals surface area contributed by atoms with Gasteiger partial charge >= 0.3 is 6.01 Å². The lowest BCUT2D eigenvalue weighted by atomic mass is 9.87. The summed E-state index contributed by atoms with van der Waals surface area (Å²) in [7, 11) is 0. The van der Waals surface area contributed by atoms with E-state index in [-0.39, 0.29) is 24.3 Å². The van der Waals surface area contributed by atoms with Crippen LogP contribution in [0.4, 0.5) is 10.4 Å². The quantitative estimate of drug-likeness (QED) is 0.256. The molecule has 1 amide bonds. The number of alkyl halides is 1. The maximum atomic E-state index is 13.5. The van der Waals surface area contributed by atoms with Gasteiger partial charge in [-0.2, -0.15) is 4.98 Å². The fourth-order valence-electron chi connectivity index (χ4n) is 5.10. The summed E-state index contributed by atoms with van der Waals surface area (Å²) in [6, 6.07) is 0.617. The minimum Gasteiger partial charge on any atom is -0.498 e. The first-order valence-corrected chi connectivity index (χ1v) is 13.5. The van der Waals surface area contributed by atoms with Gasteiger partial charge in [-0.3, -0.25) is 9.79 Å². The molecule has 1 aromatic rings. The number of carbonyl (C=O) groups is 1. The third kappa shape index (κ3) is 7.08. The minimum absolute atomic E-state index is 0.0655. The van der Waals surface area contributed by atoms with E-state index in [0.29, 0.717) is 37.9 Å². The fourth-order valence-corrected chi connectivity index (χ4v) is 5.10. The van der Waals surface area contributed by atoms with Crippen molar-refractivity contribution >= 4 is 18.6 Å². The van der Waals surface area contributed by atoms with Crippen molar-refractivity contribution in [2.24, 2.45) is 16.8 Å². The largest absolute Gasteiger partial charge is 0.498 e. The van der Waals surface area contributed by atoms with Crippen LogP contribution in [0.25, 0.3) is 0 Å². The molecule has 3 aliphatic rings. The number of rotatable bonds is 9. The molecule has 0 spiro atoms. The number of halogens is 1. The Morgan fingerprint density at radius 1 is 1.27 bits per heavy atom. The number of piperidine rings is 1. The van der Waals surface area contributed by atoms with Gasteiger partial charge in [0, 0.05) is 31.5 Å². The van der Waals surface area contributed by atoms with Gasteiger partial charge in [0.2, 0.25) is 5.91 Å². The highest BCUT2D eigenvalue weighted by Gasteiger charge is 2.31. The molecule has 202 valence electrons. The van der Waals surface area contributed by atoms with Crippen LogP contribution in [0, 0.1) is 11.8 Å². The average molecular weight is 514 g/mol. The van der Waals surface area contributed by atoms with E-state index in [1.807, 2.05) is 19.1 Å². The number of amides is 1. The van der Waals surface area contributed by atoms with E-state index in [1.54, 1.807) is 4.90 Å². The Balaban J connectivity index is 1.22. The number of allylic oxidation sites excluding steroid dienone is 5. The van der Waals surface area contributed by atoms with Crippen LogP contribution in [0.1, 0.15) is 71.0 Å². The number of hydrogen-bond acceptors (Lipinski definition) is 7. The van der Waals surface area contributed by atoms with Gasteiger partial charge in [-0.05, 0) is 75.8 Å². The van der Waals surface area contributed by atoms with Crippen molar-refractivity contribution in [3.8, 4) is 0 Å². The van der Waals surface area contributed by atoms with Crippen molar-refractivity contribution in [3.63, 3.8) is 0 Å². The number of nitrogens with zero attached hydrogens (tertiary/aromatic N) is 5. The van der Waals surface area contributed by atoms with Gasteiger partial charge in [0.25, 0.3) is 0 Å². The van der Waals surface area contributed by atoms with Crippen molar-refractivity contribution < 1.29 is 18.4 Å². The molecular weight excluding hydrogens is 473 g/mol. The molecule has 1 aromatic heterocycles. The number of hydrogen-bond donors (Lipinski definition) is 0. The first-order chi connectivity index (χ1) is 17.8. The van der Waals surface area contributed by atoms with Crippen LogP contribution < -0.4 is 4.90 Å². The maximum Gasteiger partial charge on any atom is 0.324 e. The molecule has 9 heteroatoms. The Morgan fingerprint density at radius 3 is 2.65 bits per heavy atom. The molecular formula is C28H40FN5O3. The molecule has 0 saturated carbocycles. The summed E-state index contributed by atoms with van der Waals surface area (Å²) < 4.78 is 24.9. The van der Waals surface area contributed by atoms with Crippen LogP contribution >= 0.6 is 0 Å². The monoisotopic (exact) mass is 513 g/mol. The van der Waals surface area contributed by atoms with E-state index in [2.05, 4.69) is 46.7 Å². The Bertz CT molecular complexity index is 1040. The molecule has 2 fully saturated rings. The predicted octanol–water partition coefficient (Wildman–Crippen LogP) is 5.21. The van der Waals surface area contributed by atoms with Crippen LogP contribution in [0.5, 0.6) is 0 Å². The number of ether oxygens (including phenoxy) is 1. The zero-order valence-electron chi connectivity index (χ0n) is 22.4. The number of likely N-dealkylation sites (tertiary alicyclic amines) is 1. The molecule has 1 aliphatic carbocycles. The summed E-state index contributed by atoms with van der Waals surface area (Å²) >= 11 is 0. The fraction of sp³-hybridized carbons (Fsp3) is 0.643. The molecule has 0 N–H and O–H groups in total. The summed E-state index contributed by atoms with van der Waals surface area (Å²) in [4.78, 5) is 25.2. The Hall–Kier alpha value is -2.97. The third-order valence-corrected chi connectivity index (χ3v) is 7.56. The van der Waals surface area contributed by atoms with E-state index in [1.165, 1.54) is 0 Å². The maximum absolute atomic E-state index is 13.5. The Morgan fingerprint density at radius 2 is 2.05 bits per heavy atom. The second-order valence-corrected chi connectivity index (χ2v) is 10.7. The molecule has 0 radical (unpaired) electrons. The SMILES string of the molecule is C=N/C(=C\C=C(/C)OCC1CCN(c2nc(C(C)C)no2)CC1)C1=CCC(C(=O)N2CC[C@H](F)C2)CC1. The lowest BCUT2D eigenvalue weighted by molar-refractivity contribution is -0.134. The molecule has 0 aromatic carbocycles. The number of aliphatic imine (C=N–C) groups is 1. The summed E-state index contributed by atoms with van der Waals surface area (Å²) in [6.07, 6.45) is 9.75. The van der Waals surface area contributed by atoms with Crippen LogP contribution in [0.3, 0.4) is 0 Å². The van der Waals surface area contributed by atoms with E-state index in [9.17, 15) is 9.18 Å². The molecule has 8 nitrogen and oxygen atoms in total. The lowest BCUT2D eigenvalue weighted by Crippen LogP contribution is -2.35. The highest BCUT2D eigenvalue weighted by molar-refractivity contribution is 5.79. The van der Waals surface area contributed by atoms with Gasteiger partial charge in [-0.1, -0.05) is 25.1 Å². The molecule has 3 heterocycles. The van der Waals surface area contributed by atoms with Crippen molar-refractivity contribution in [2.75, 3.05) is 37.7 Å². The highest BCUT2D eigenvalue weighted by atomic mass is 19.1. The van der Waals surface area contributed by atoms with Crippen LogP contribution in [-0.4, -0.2) is 66.6 Å². The van der Waals surface area contributed by atoms with Gasteiger partial charge in [-0.15, -0.1) is 0 Å². The third-order valence-electron chi connectivity index (χ3n) is 7.56. The molecule has 0 bridgehead atoms. The normalized spacial score (nSPS) is 24.0. The van der Waals surface area contributed by atoms with Gasteiger partial charge in [-0.25, -0.2) is 4.39 Å². The van der Waals surface area contributed by atoms with E-state index in [4.69, 9.17) is 9.26 Å². The average Bonchev–Trinajstić information content (AvgIpc) is 3.58. The summed E-state index contributed by atoms with van der Waals surface area (Å²) in [5.74, 6) is 2.33. The first-order valence-electron chi connectivity index (χ1n) is 13.5. The first kappa shape index (κ1) is 27.1. The highest BCUT2D eigenvalue weighted by Crippen LogP contribution is 2.31. The zero-order chi connectivity index (χ0) is 26.4. The second kappa shape index (κ2) is 12.5. The van der Waals surface area contributed by atoms with E-state index >= 15 is 0 Å². The molecule has 37 heavy (non-hydrogen) atoms. The van der Waals surface area contributed by atoms with Gasteiger partial charge in [0.05, 0.1) is 24.6 Å².